The first kappa shape index (κ1) is 52.7. The maximum Gasteiger partial charge on any atom is 0.328 e. The number of allylic oxidation sites excluding steroid dienone is 8. The molecule has 6 atom stereocenters. The van der Waals surface area contributed by atoms with Gasteiger partial charge in [0, 0.05) is 41.6 Å². The van der Waals surface area contributed by atoms with Crippen molar-refractivity contribution in [2.75, 3.05) is 13.2 Å². The molecule has 0 fully saturated rings. The Kier molecular flexibility index (Phi) is 16.8. The van der Waals surface area contributed by atoms with Gasteiger partial charge in [-0.25, -0.2) is 9.18 Å². The van der Waals surface area contributed by atoms with E-state index in [2.05, 4.69) is 71.2 Å². The molecule has 376 valence electrons. The number of rotatable bonds is 21. The van der Waals surface area contributed by atoms with Crippen molar-refractivity contribution in [3.8, 4) is 23.0 Å². The molecule has 14 nitrogen and oxygen atoms in total. The zero-order chi connectivity index (χ0) is 50.5. The van der Waals surface area contributed by atoms with Gasteiger partial charge in [-0.05, 0) is 132 Å². The number of phenolic OH excluding ortho intramolecular Hbond substituents is 2. The average Bonchev–Trinajstić information content (AvgIpc) is 3.76. The van der Waals surface area contributed by atoms with Gasteiger partial charge in [0.1, 0.15) is 46.9 Å². The number of halogens is 1. The van der Waals surface area contributed by atoms with Crippen molar-refractivity contribution in [1.29, 1.82) is 0 Å². The predicted molar refractivity (Wildman–Crippen MR) is 260 cm³/mol. The van der Waals surface area contributed by atoms with Crippen molar-refractivity contribution in [2.45, 2.75) is 181 Å². The second-order valence-corrected chi connectivity index (χ2v) is 20.4. The summed E-state index contributed by atoms with van der Waals surface area (Å²) in [6.07, 6.45) is 12.9. The first-order valence-electron chi connectivity index (χ1n) is 24.3. The van der Waals surface area contributed by atoms with Crippen molar-refractivity contribution in [3.05, 3.63) is 92.1 Å². The number of benzene rings is 2. The van der Waals surface area contributed by atoms with Crippen LogP contribution in [0.5, 0.6) is 23.0 Å². The van der Waals surface area contributed by atoms with Gasteiger partial charge >= 0.3 is 5.97 Å². The van der Waals surface area contributed by atoms with Crippen LogP contribution in [0.25, 0.3) is 0 Å². The first-order valence-corrected chi connectivity index (χ1v) is 24.3. The maximum atomic E-state index is 14.3. The largest absolute Gasteiger partial charge is 0.508 e. The predicted octanol–water partition coefficient (Wildman–Crippen LogP) is 8.45. The third kappa shape index (κ3) is 11.9. The smallest absolute Gasteiger partial charge is 0.328 e. The van der Waals surface area contributed by atoms with E-state index in [0.717, 1.165) is 25.7 Å². The number of hydrogen-bond donors (Lipinski definition) is 6. The van der Waals surface area contributed by atoms with Crippen molar-refractivity contribution >= 4 is 23.7 Å². The molecule has 0 aromatic heterocycles. The molecule has 2 aromatic rings. The summed E-state index contributed by atoms with van der Waals surface area (Å²) < 4.78 is 27.0. The second kappa shape index (κ2) is 22.0. The van der Waals surface area contributed by atoms with Crippen molar-refractivity contribution < 1.29 is 58.6 Å². The molecule has 6 rings (SSSR count). The Bertz CT molecular complexity index is 2430. The molecule has 0 aliphatic carbocycles. The molecule has 0 radical (unpaired) electrons. The van der Waals surface area contributed by atoms with Gasteiger partial charge in [0.15, 0.2) is 6.04 Å². The van der Waals surface area contributed by atoms with Gasteiger partial charge in [-0.15, -0.1) is 0 Å². The van der Waals surface area contributed by atoms with E-state index in [1.807, 2.05) is 6.92 Å². The summed E-state index contributed by atoms with van der Waals surface area (Å²) >= 11 is 0. The Morgan fingerprint density at radius 2 is 1.23 bits per heavy atom. The lowest BCUT2D eigenvalue weighted by Crippen LogP contribution is -2.52. The quantitative estimate of drug-likeness (QED) is 0.0655. The lowest BCUT2D eigenvalue weighted by molar-refractivity contribution is -0.143. The van der Waals surface area contributed by atoms with E-state index >= 15 is 0 Å². The highest BCUT2D eigenvalue weighted by Gasteiger charge is 2.47. The summed E-state index contributed by atoms with van der Waals surface area (Å²) in [5, 5.41) is 56.8. The number of ether oxygens (including phenoxy) is 2. The van der Waals surface area contributed by atoms with Gasteiger partial charge in [0.2, 0.25) is 5.91 Å². The minimum absolute atomic E-state index is 0.0510. The van der Waals surface area contributed by atoms with Crippen LogP contribution in [0.2, 0.25) is 0 Å². The van der Waals surface area contributed by atoms with Gasteiger partial charge in [0.05, 0.1) is 36.4 Å². The Hall–Kier alpha value is -5.67. The molecule has 4 aliphatic rings. The van der Waals surface area contributed by atoms with E-state index in [0.29, 0.717) is 53.7 Å². The van der Waals surface area contributed by atoms with Crippen LogP contribution >= 0.6 is 0 Å². The highest BCUT2D eigenvalue weighted by atomic mass is 19.1. The molecule has 0 saturated heterocycles. The molecular formula is C54H72FN3O11. The number of nitrogens with zero attached hydrogens (tertiary/aromatic N) is 2. The van der Waals surface area contributed by atoms with Gasteiger partial charge in [-0.2, -0.15) is 0 Å². The number of nitrogens with one attached hydrogen (secondary N) is 1. The fourth-order valence-electron chi connectivity index (χ4n) is 9.85. The third-order valence-corrected chi connectivity index (χ3v) is 14.3. The van der Waals surface area contributed by atoms with E-state index in [9.17, 15) is 49.1 Å². The second-order valence-electron chi connectivity index (χ2n) is 20.4. The highest BCUT2D eigenvalue weighted by Crippen LogP contribution is 2.48. The number of aliphatic carboxylic acids is 1. The van der Waals surface area contributed by atoms with Crippen LogP contribution in [-0.4, -0.2) is 108 Å². The maximum absolute atomic E-state index is 14.3. The summed E-state index contributed by atoms with van der Waals surface area (Å²) in [6, 6.07) is -0.529. The lowest BCUT2D eigenvalue weighted by Gasteiger charge is -2.41. The summed E-state index contributed by atoms with van der Waals surface area (Å²) in [6.45, 7) is 14.7. The van der Waals surface area contributed by atoms with Gasteiger partial charge < -0.3 is 50.1 Å². The Balaban J connectivity index is 1.19. The number of hydrogen-bond acceptors (Lipinski definition) is 10. The molecule has 15 heteroatoms. The van der Waals surface area contributed by atoms with Crippen molar-refractivity contribution in [2.24, 2.45) is 0 Å². The molecule has 6 N–H and O–H groups in total. The lowest BCUT2D eigenvalue weighted by atomic mass is 9.84. The number of fused-ring (bicyclic) bond motifs is 6. The number of amides is 3. The van der Waals surface area contributed by atoms with E-state index in [1.165, 1.54) is 39.3 Å². The Labute approximate surface area is 405 Å². The molecule has 0 spiro atoms. The molecule has 69 heavy (non-hydrogen) atoms. The van der Waals surface area contributed by atoms with Crippen molar-refractivity contribution in [3.63, 3.8) is 0 Å². The van der Waals surface area contributed by atoms with Crippen LogP contribution in [0.3, 0.4) is 0 Å². The summed E-state index contributed by atoms with van der Waals surface area (Å²) in [4.78, 5) is 56.9. The number of carbonyl (C=O) groups is 4. The van der Waals surface area contributed by atoms with Crippen LogP contribution in [0, 0.1) is 0 Å². The highest BCUT2D eigenvalue weighted by molar-refractivity contribution is 6.03. The molecule has 4 aliphatic heterocycles. The first-order chi connectivity index (χ1) is 32.6. The summed E-state index contributed by atoms with van der Waals surface area (Å²) in [5.41, 5.74) is 4.89. The summed E-state index contributed by atoms with van der Waals surface area (Å²) in [5.74, 6) is -3.34. The van der Waals surface area contributed by atoms with Crippen LogP contribution in [0.15, 0.2) is 58.7 Å². The zero-order valence-electron chi connectivity index (χ0n) is 41.5. The van der Waals surface area contributed by atoms with Crippen LogP contribution < -0.4 is 14.8 Å². The third-order valence-electron chi connectivity index (χ3n) is 14.3. The minimum atomic E-state index is -1.88. The number of alkyl halides is 1. The number of aromatic hydroxyl groups is 2. The minimum Gasteiger partial charge on any atom is -0.508 e. The standard InChI is InChI=1S/C54H72FN3O11/c1-31(2)14-9-16-33(5)18-11-21-53(7)45(61)26-37-43(59)24-35-39(47(37)68-53)29-57(50(35)64)23-13-20-42(49(63)56-41(28-55)52(66)67)58-30-40-36(51(58)65)25-44(60)38-27-46(62)54(8,69-48(38)40)22-12-19-34(6)17-10-15-32(3)4/h14-15,18-19,24-25,41-42,45-46,59-62H,9-13,16-17,20-23,26-30H2,1-8H3,(H,56,63)(H,66,67)/b33-18+,34-19+/t41-,42-,45-,46-,53+,54+/m0/s1. The molecule has 0 saturated carbocycles. The number of phenols is 2. The van der Waals surface area contributed by atoms with Crippen LogP contribution in [0.4, 0.5) is 4.39 Å². The Morgan fingerprint density at radius 3 is 1.70 bits per heavy atom. The van der Waals surface area contributed by atoms with Crippen LogP contribution in [0.1, 0.15) is 163 Å². The van der Waals surface area contributed by atoms with E-state index in [1.54, 1.807) is 11.8 Å². The van der Waals surface area contributed by atoms with Gasteiger partial charge in [-0.1, -0.05) is 46.6 Å². The average molecular weight is 958 g/mol. The number of aliphatic hydroxyl groups excluding tert-OH is 2. The zero-order valence-corrected chi connectivity index (χ0v) is 41.5. The normalized spacial score (nSPS) is 22.7. The number of carbonyl (C=O) groups excluding carboxylic acids is 3. The molecule has 0 unspecified atom stereocenters. The SMILES string of the molecule is CC(C)=CCC/C(C)=C/CC[C@@]1(C)Oc2c(c(O)cc3c2CN(CCC[C@@H](C(=O)N[C@@H](CF)C(=O)O)N2Cc4c(cc(O)c5c4O[C@](C)(CC/C=C(\C)CCC=C(C)C)[C@@H](O)C5)C2=O)C3=O)C[C@@H]1O. The fourth-order valence-corrected chi connectivity index (χ4v) is 9.85. The molecule has 0 bridgehead atoms. The molecule has 4 heterocycles. The van der Waals surface area contributed by atoms with E-state index in [4.69, 9.17) is 9.47 Å². The number of carboxylic acids is 1. The van der Waals surface area contributed by atoms with E-state index in [-0.39, 0.29) is 79.6 Å². The Morgan fingerprint density at radius 1 is 0.754 bits per heavy atom. The molecular weight excluding hydrogens is 886 g/mol. The monoisotopic (exact) mass is 958 g/mol. The molecule has 3 amide bonds. The number of aliphatic hydroxyl groups is 2. The molecule has 2 aromatic carbocycles. The van der Waals surface area contributed by atoms with Gasteiger partial charge in [-0.3, -0.25) is 14.4 Å². The van der Waals surface area contributed by atoms with Gasteiger partial charge in [0.25, 0.3) is 11.8 Å². The topological polar surface area (TPSA) is 206 Å². The fraction of sp³-hybridized carbons (Fsp3) is 0.556. The summed E-state index contributed by atoms with van der Waals surface area (Å²) in [7, 11) is 0. The van der Waals surface area contributed by atoms with E-state index < -0.39 is 60.0 Å². The number of carboxylic acid groups (broad SMARTS) is 1. The van der Waals surface area contributed by atoms with Crippen LogP contribution in [-0.2, 0) is 35.5 Å². The van der Waals surface area contributed by atoms with Crippen molar-refractivity contribution in [1.82, 2.24) is 15.1 Å².